The maximum atomic E-state index is 12.3. The van der Waals surface area contributed by atoms with Gasteiger partial charge in [-0.05, 0) is 6.07 Å². The summed E-state index contributed by atoms with van der Waals surface area (Å²) < 4.78 is 15.5. The molecule has 0 fully saturated rings. The van der Waals surface area contributed by atoms with Crippen LogP contribution in [-0.4, -0.2) is 45.4 Å². The van der Waals surface area contributed by atoms with Gasteiger partial charge in [0.25, 0.3) is 0 Å². The first kappa shape index (κ1) is 19.0. The van der Waals surface area contributed by atoms with Crippen molar-refractivity contribution in [1.29, 1.82) is 0 Å². The molecule has 0 aliphatic heterocycles. The van der Waals surface area contributed by atoms with Crippen LogP contribution >= 0.6 is 0 Å². The molecule has 0 bridgehead atoms. The van der Waals surface area contributed by atoms with E-state index in [2.05, 4.69) is 5.32 Å². The highest BCUT2D eigenvalue weighted by Crippen LogP contribution is 2.27. The summed E-state index contributed by atoms with van der Waals surface area (Å²) in [6.07, 6.45) is 0. The van der Waals surface area contributed by atoms with Gasteiger partial charge in [-0.1, -0.05) is 26.8 Å². The van der Waals surface area contributed by atoms with Gasteiger partial charge in [-0.3, -0.25) is 4.79 Å². The Bertz CT molecular complexity index is 592. The third-order valence-corrected chi connectivity index (χ3v) is 3.23. The van der Waals surface area contributed by atoms with Crippen molar-refractivity contribution >= 4 is 30.1 Å². The molecule has 0 aliphatic rings. The number of carbonyl (C=O) groups excluding carboxylic acids is 1. The molecule has 23 heavy (non-hydrogen) atoms. The summed E-state index contributed by atoms with van der Waals surface area (Å²) in [6.45, 7) is 5.19. The monoisotopic (exact) mass is 323 g/mol. The van der Waals surface area contributed by atoms with Crippen LogP contribution in [0.2, 0.25) is 0 Å². The number of ether oxygens (including phenoxy) is 1. The Morgan fingerprint density at radius 2 is 1.70 bits per heavy atom. The standard InChI is InChI=1S/C15H22BNO6/c1-15(2,3)14(20)17-12-9(16(22-5)23-6)7-8-10(21-4)11(12)13(18)19/h7-8H,1-6H3,(H,17,20)(H,18,19). The summed E-state index contributed by atoms with van der Waals surface area (Å²) in [5.74, 6) is -1.42. The number of hydrogen-bond donors (Lipinski definition) is 2. The Labute approximate surface area is 136 Å². The maximum Gasteiger partial charge on any atom is 0.495 e. The second-order valence-electron chi connectivity index (χ2n) is 5.92. The Balaban J connectivity index is 3.57. The van der Waals surface area contributed by atoms with Crippen molar-refractivity contribution in [3.63, 3.8) is 0 Å². The molecular formula is C15H22BNO6. The van der Waals surface area contributed by atoms with Gasteiger partial charge in [0, 0.05) is 25.1 Å². The normalized spacial score (nSPS) is 11.0. The van der Waals surface area contributed by atoms with E-state index in [1.165, 1.54) is 27.4 Å². The molecule has 1 aromatic rings. The Hall–Kier alpha value is -2.06. The molecule has 0 saturated carbocycles. The van der Waals surface area contributed by atoms with E-state index in [-0.39, 0.29) is 22.9 Å². The molecule has 0 radical (unpaired) electrons. The van der Waals surface area contributed by atoms with Gasteiger partial charge in [0.05, 0.1) is 12.8 Å². The zero-order chi connectivity index (χ0) is 17.8. The molecule has 1 aromatic carbocycles. The zero-order valence-corrected chi connectivity index (χ0v) is 14.2. The number of carboxylic acid groups (broad SMARTS) is 1. The summed E-state index contributed by atoms with van der Waals surface area (Å²) in [7, 11) is 3.39. The zero-order valence-electron chi connectivity index (χ0n) is 14.2. The molecule has 0 spiro atoms. The summed E-state index contributed by atoms with van der Waals surface area (Å²) >= 11 is 0. The first-order valence-corrected chi connectivity index (χ1v) is 6.98. The van der Waals surface area contributed by atoms with E-state index in [1.54, 1.807) is 26.8 Å². The summed E-state index contributed by atoms with van der Waals surface area (Å²) in [4.78, 5) is 24.0. The minimum Gasteiger partial charge on any atom is -0.496 e. The molecule has 7 nitrogen and oxygen atoms in total. The molecule has 8 heteroatoms. The molecule has 1 rings (SSSR count). The molecule has 0 atom stereocenters. The number of anilines is 1. The SMILES string of the molecule is COB(OC)c1ccc(OC)c(C(=O)O)c1NC(=O)C(C)(C)C. The number of methoxy groups -OCH3 is 1. The van der Waals surface area contributed by atoms with Gasteiger partial charge in [0.2, 0.25) is 5.91 Å². The van der Waals surface area contributed by atoms with Crippen LogP contribution in [0.15, 0.2) is 12.1 Å². The highest BCUT2D eigenvalue weighted by Gasteiger charge is 2.31. The molecule has 0 heterocycles. The van der Waals surface area contributed by atoms with E-state index in [0.717, 1.165) is 0 Å². The van der Waals surface area contributed by atoms with E-state index in [1.807, 2.05) is 0 Å². The first-order chi connectivity index (χ1) is 10.7. The number of rotatable bonds is 6. The van der Waals surface area contributed by atoms with Gasteiger partial charge >= 0.3 is 13.1 Å². The van der Waals surface area contributed by atoms with Crippen LogP contribution in [0.4, 0.5) is 5.69 Å². The maximum absolute atomic E-state index is 12.3. The lowest BCUT2D eigenvalue weighted by Gasteiger charge is -2.23. The average molecular weight is 323 g/mol. The third kappa shape index (κ3) is 4.23. The minimum atomic E-state index is -1.22. The van der Waals surface area contributed by atoms with Gasteiger partial charge in [0.15, 0.2) is 0 Å². The molecular weight excluding hydrogens is 301 g/mol. The predicted octanol–water partition coefficient (Wildman–Crippen LogP) is 1.37. The molecule has 1 amide bonds. The fraction of sp³-hybridized carbons (Fsp3) is 0.467. The fourth-order valence-corrected chi connectivity index (χ4v) is 1.96. The smallest absolute Gasteiger partial charge is 0.495 e. The molecule has 0 aliphatic carbocycles. The fourth-order valence-electron chi connectivity index (χ4n) is 1.96. The number of amides is 1. The molecule has 126 valence electrons. The van der Waals surface area contributed by atoms with Crippen molar-refractivity contribution in [2.24, 2.45) is 5.41 Å². The number of carbonyl (C=O) groups is 2. The van der Waals surface area contributed by atoms with Gasteiger partial charge in [-0.15, -0.1) is 0 Å². The quantitative estimate of drug-likeness (QED) is 0.768. The van der Waals surface area contributed by atoms with Crippen LogP contribution in [0.1, 0.15) is 31.1 Å². The number of aromatic carboxylic acids is 1. The Morgan fingerprint density at radius 3 is 2.09 bits per heavy atom. The average Bonchev–Trinajstić information content (AvgIpc) is 2.47. The van der Waals surface area contributed by atoms with Crippen molar-refractivity contribution < 1.29 is 28.7 Å². The van der Waals surface area contributed by atoms with Crippen LogP contribution in [0, 0.1) is 5.41 Å². The van der Waals surface area contributed by atoms with Crippen molar-refractivity contribution in [3.05, 3.63) is 17.7 Å². The van der Waals surface area contributed by atoms with Gasteiger partial charge in [-0.25, -0.2) is 4.79 Å². The lowest BCUT2D eigenvalue weighted by molar-refractivity contribution is -0.123. The van der Waals surface area contributed by atoms with E-state index in [9.17, 15) is 14.7 Å². The van der Waals surface area contributed by atoms with E-state index in [4.69, 9.17) is 14.0 Å². The van der Waals surface area contributed by atoms with Gasteiger partial charge in [-0.2, -0.15) is 0 Å². The second-order valence-corrected chi connectivity index (χ2v) is 5.92. The van der Waals surface area contributed by atoms with Gasteiger partial charge < -0.3 is 24.5 Å². The number of carboxylic acids is 1. The summed E-state index contributed by atoms with van der Waals surface area (Å²) in [5.41, 5.74) is -0.357. The lowest BCUT2D eigenvalue weighted by atomic mass is 9.76. The van der Waals surface area contributed by atoms with Crippen molar-refractivity contribution in [2.75, 3.05) is 26.6 Å². The molecule has 0 unspecified atom stereocenters. The summed E-state index contributed by atoms with van der Waals surface area (Å²) in [6, 6.07) is 3.10. The van der Waals surface area contributed by atoms with Crippen molar-refractivity contribution in [3.8, 4) is 5.75 Å². The number of hydrogen-bond acceptors (Lipinski definition) is 5. The topological polar surface area (TPSA) is 94.1 Å². The van der Waals surface area contributed by atoms with Gasteiger partial charge in [0.1, 0.15) is 11.3 Å². The molecule has 0 saturated heterocycles. The first-order valence-electron chi connectivity index (χ1n) is 6.98. The number of benzene rings is 1. The third-order valence-electron chi connectivity index (χ3n) is 3.23. The lowest BCUT2D eigenvalue weighted by Crippen LogP contribution is -2.40. The Kier molecular flexibility index (Phi) is 6.17. The van der Waals surface area contributed by atoms with Crippen LogP contribution in [0.25, 0.3) is 0 Å². The summed E-state index contributed by atoms with van der Waals surface area (Å²) in [5, 5.41) is 12.2. The second kappa shape index (κ2) is 7.48. The number of nitrogens with one attached hydrogen (secondary N) is 1. The van der Waals surface area contributed by atoms with Crippen LogP contribution in [-0.2, 0) is 14.1 Å². The highest BCUT2D eigenvalue weighted by atomic mass is 16.6. The van der Waals surface area contributed by atoms with E-state index < -0.39 is 18.5 Å². The Morgan fingerprint density at radius 1 is 1.13 bits per heavy atom. The van der Waals surface area contributed by atoms with Crippen molar-refractivity contribution in [1.82, 2.24) is 0 Å². The van der Waals surface area contributed by atoms with E-state index in [0.29, 0.717) is 5.46 Å². The van der Waals surface area contributed by atoms with Crippen LogP contribution in [0.3, 0.4) is 0 Å². The molecule has 0 aromatic heterocycles. The predicted molar refractivity (Wildman–Crippen MR) is 87.4 cm³/mol. The van der Waals surface area contributed by atoms with Crippen LogP contribution < -0.4 is 15.5 Å². The van der Waals surface area contributed by atoms with Crippen LogP contribution in [0.5, 0.6) is 5.75 Å². The highest BCUT2D eigenvalue weighted by molar-refractivity contribution is 6.63. The van der Waals surface area contributed by atoms with Crippen molar-refractivity contribution in [2.45, 2.75) is 20.8 Å². The minimum absolute atomic E-state index is 0.102. The van der Waals surface area contributed by atoms with E-state index >= 15 is 0 Å². The molecule has 2 N–H and O–H groups in total. The largest absolute Gasteiger partial charge is 0.496 e.